The summed E-state index contributed by atoms with van der Waals surface area (Å²) in [5.74, 6) is 0. The second-order valence-electron chi connectivity index (χ2n) is 4.05. The lowest BCUT2D eigenvalue weighted by molar-refractivity contribution is 0.282. The van der Waals surface area contributed by atoms with Crippen molar-refractivity contribution >= 4 is 15.9 Å². The van der Waals surface area contributed by atoms with Crippen LogP contribution in [-0.4, -0.2) is 24.8 Å². The zero-order valence-corrected chi connectivity index (χ0v) is 11.6. The van der Waals surface area contributed by atoms with Crippen molar-refractivity contribution in [2.45, 2.75) is 25.3 Å². The molecule has 0 heterocycles. The minimum Gasteiger partial charge on any atom is -0.396 e. The van der Waals surface area contributed by atoms with Crippen molar-refractivity contribution in [2.24, 2.45) is 5.73 Å². The van der Waals surface area contributed by atoms with Gasteiger partial charge in [0.1, 0.15) is 0 Å². The van der Waals surface area contributed by atoms with E-state index in [1.807, 2.05) is 18.2 Å². The molecule has 3 nitrogen and oxygen atoms in total. The third-order valence-electron chi connectivity index (χ3n) is 2.74. The first-order valence-corrected chi connectivity index (χ1v) is 6.87. The summed E-state index contributed by atoms with van der Waals surface area (Å²) < 4.78 is 1.10. The van der Waals surface area contributed by atoms with Crippen LogP contribution in [0, 0.1) is 0 Å². The Labute approximate surface area is 112 Å². The molecule has 1 rings (SSSR count). The van der Waals surface area contributed by atoms with Crippen LogP contribution in [0.3, 0.4) is 0 Å². The number of halogens is 1. The van der Waals surface area contributed by atoms with Gasteiger partial charge in [0, 0.05) is 23.7 Å². The number of benzene rings is 1. The fourth-order valence-electron chi connectivity index (χ4n) is 1.77. The van der Waals surface area contributed by atoms with Crippen LogP contribution in [0.5, 0.6) is 0 Å². The topological polar surface area (TPSA) is 58.3 Å². The fourth-order valence-corrected chi connectivity index (χ4v) is 2.33. The highest BCUT2D eigenvalue weighted by Crippen LogP contribution is 2.22. The quantitative estimate of drug-likeness (QED) is 0.645. The van der Waals surface area contributed by atoms with Crippen molar-refractivity contribution in [3.05, 3.63) is 34.3 Å². The number of nitrogens with one attached hydrogen (secondary N) is 1. The normalized spacial score (nSPS) is 12.6. The number of rotatable bonds is 8. The summed E-state index contributed by atoms with van der Waals surface area (Å²) >= 11 is 3.54. The van der Waals surface area contributed by atoms with Gasteiger partial charge in [-0.05, 0) is 37.4 Å². The molecular weight excluding hydrogens is 280 g/mol. The van der Waals surface area contributed by atoms with E-state index in [4.69, 9.17) is 10.8 Å². The summed E-state index contributed by atoms with van der Waals surface area (Å²) in [4.78, 5) is 0. The molecule has 0 aromatic heterocycles. The molecule has 0 radical (unpaired) electrons. The number of aliphatic hydroxyl groups excluding tert-OH is 1. The summed E-state index contributed by atoms with van der Waals surface area (Å²) in [6.45, 7) is 1.80. The van der Waals surface area contributed by atoms with E-state index in [1.54, 1.807) is 0 Å². The van der Waals surface area contributed by atoms with Gasteiger partial charge < -0.3 is 16.2 Å². The van der Waals surface area contributed by atoms with E-state index in [2.05, 4.69) is 27.3 Å². The van der Waals surface area contributed by atoms with Crippen LogP contribution in [0.4, 0.5) is 0 Å². The maximum atomic E-state index is 8.69. The van der Waals surface area contributed by atoms with E-state index >= 15 is 0 Å². The van der Waals surface area contributed by atoms with Gasteiger partial charge in [-0.25, -0.2) is 0 Å². The molecule has 0 aliphatic rings. The lowest BCUT2D eigenvalue weighted by atomic mass is 10.1. The molecule has 0 amide bonds. The molecule has 1 aromatic rings. The smallest absolute Gasteiger partial charge is 0.0455 e. The van der Waals surface area contributed by atoms with E-state index in [0.29, 0.717) is 6.54 Å². The van der Waals surface area contributed by atoms with E-state index < -0.39 is 0 Å². The Hall–Kier alpha value is -0.420. The lowest BCUT2D eigenvalue weighted by Gasteiger charge is -2.18. The maximum absolute atomic E-state index is 8.69. The molecule has 0 aliphatic carbocycles. The predicted molar refractivity (Wildman–Crippen MR) is 74.9 cm³/mol. The number of hydrogen-bond acceptors (Lipinski definition) is 3. The molecular formula is C13H21BrN2O. The Morgan fingerprint density at radius 2 is 2.00 bits per heavy atom. The number of nitrogens with two attached hydrogens (primary N) is 1. The van der Waals surface area contributed by atoms with Gasteiger partial charge in [-0.1, -0.05) is 34.1 Å². The van der Waals surface area contributed by atoms with E-state index in [1.165, 1.54) is 5.56 Å². The minimum atomic E-state index is 0.194. The monoisotopic (exact) mass is 300 g/mol. The van der Waals surface area contributed by atoms with Crippen molar-refractivity contribution in [3.63, 3.8) is 0 Å². The third-order valence-corrected chi connectivity index (χ3v) is 3.46. The Morgan fingerprint density at radius 1 is 1.24 bits per heavy atom. The first-order chi connectivity index (χ1) is 8.29. The van der Waals surface area contributed by atoms with Crippen molar-refractivity contribution in [1.82, 2.24) is 5.32 Å². The van der Waals surface area contributed by atoms with Gasteiger partial charge in [-0.15, -0.1) is 0 Å². The van der Waals surface area contributed by atoms with E-state index in [-0.39, 0.29) is 12.6 Å². The highest BCUT2D eigenvalue weighted by atomic mass is 79.9. The molecule has 1 atom stereocenters. The van der Waals surface area contributed by atoms with Crippen molar-refractivity contribution in [2.75, 3.05) is 19.7 Å². The van der Waals surface area contributed by atoms with Gasteiger partial charge in [0.05, 0.1) is 0 Å². The molecule has 96 valence electrons. The van der Waals surface area contributed by atoms with Crippen molar-refractivity contribution in [3.8, 4) is 0 Å². The summed E-state index contributed by atoms with van der Waals surface area (Å²) in [6.07, 6.45) is 3.00. The minimum absolute atomic E-state index is 0.194. The van der Waals surface area contributed by atoms with Gasteiger partial charge in [-0.2, -0.15) is 0 Å². The van der Waals surface area contributed by atoms with Gasteiger partial charge in [0.25, 0.3) is 0 Å². The predicted octanol–water partition coefficient (Wildman–Crippen LogP) is 2.20. The summed E-state index contributed by atoms with van der Waals surface area (Å²) in [5, 5.41) is 12.1. The van der Waals surface area contributed by atoms with Crippen molar-refractivity contribution in [1.29, 1.82) is 0 Å². The zero-order chi connectivity index (χ0) is 12.5. The van der Waals surface area contributed by atoms with Crippen LogP contribution in [0.2, 0.25) is 0 Å². The molecule has 4 N–H and O–H groups in total. The second-order valence-corrected chi connectivity index (χ2v) is 4.90. The molecule has 1 unspecified atom stereocenters. The SMILES string of the molecule is NCC(NCCCCCO)c1ccccc1Br. The molecule has 1 aromatic carbocycles. The van der Waals surface area contributed by atoms with Gasteiger partial charge in [0.15, 0.2) is 0 Å². The van der Waals surface area contributed by atoms with Crippen LogP contribution in [0.25, 0.3) is 0 Å². The molecule has 17 heavy (non-hydrogen) atoms. The summed E-state index contributed by atoms with van der Waals surface area (Å²) in [5.41, 5.74) is 7.00. The molecule has 0 saturated carbocycles. The van der Waals surface area contributed by atoms with E-state index in [9.17, 15) is 0 Å². The first kappa shape index (κ1) is 14.6. The maximum Gasteiger partial charge on any atom is 0.0455 e. The van der Waals surface area contributed by atoms with Gasteiger partial charge in [0.2, 0.25) is 0 Å². The van der Waals surface area contributed by atoms with Crippen LogP contribution in [-0.2, 0) is 0 Å². The fraction of sp³-hybridized carbons (Fsp3) is 0.538. The Bertz CT molecular complexity index is 320. The van der Waals surface area contributed by atoms with Crippen LogP contribution in [0.15, 0.2) is 28.7 Å². The summed E-state index contributed by atoms with van der Waals surface area (Å²) in [7, 11) is 0. The Morgan fingerprint density at radius 3 is 2.65 bits per heavy atom. The molecule has 0 spiro atoms. The lowest BCUT2D eigenvalue weighted by Crippen LogP contribution is -2.29. The Balaban J connectivity index is 2.41. The van der Waals surface area contributed by atoms with E-state index in [0.717, 1.165) is 30.3 Å². The molecule has 0 saturated heterocycles. The van der Waals surface area contributed by atoms with Crippen LogP contribution < -0.4 is 11.1 Å². The second kappa shape index (κ2) is 8.64. The Kier molecular flexibility index (Phi) is 7.44. The molecule has 4 heteroatoms. The number of aliphatic hydroxyl groups is 1. The zero-order valence-electron chi connectivity index (χ0n) is 10.0. The van der Waals surface area contributed by atoms with Crippen LogP contribution >= 0.6 is 15.9 Å². The average molecular weight is 301 g/mol. The standard InChI is InChI=1S/C13H21BrN2O/c14-12-7-3-2-6-11(12)13(10-15)16-8-4-1-5-9-17/h2-3,6-7,13,16-17H,1,4-5,8-10,15H2. The average Bonchev–Trinajstić information content (AvgIpc) is 2.35. The van der Waals surface area contributed by atoms with Gasteiger partial charge in [-0.3, -0.25) is 0 Å². The third kappa shape index (κ3) is 5.17. The largest absolute Gasteiger partial charge is 0.396 e. The molecule has 0 fully saturated rings. The highest BCUT2D eigenvalue weighted by molar-refractivity contribution is 9.10. The van der Waals surface area contributed by atoms with Gasteiger partial charge >= 0.3 is 0 Å². The number of hydrogen-bond donors (Lipinski definition) is 3. The number of unbranched alkanes of at least 4 members (excludes halogenated alkanes) is 2. The molecule has 0 bridgehead atoms. The van der Waals surface area contributed by atoms with Crippen molar-refractivity contribution < 1.29 is 5.11 Å². The highest BCUT2D eigenvalue weighted by Gasteiger charge is 2.10. The summed E-state index contributed by atoms with van der Waals surface area (Å²) in [6, 6.07) is 8.34. The first-order valence-electron chi connectivity index (χ1n) is 6.08. The van der Waals surface area contributed by atoms with Crippen LogP contribution in [0.1, 0.15) is 30.9 Å². The molecule has 0 aliphatic heterocycles.